The first-order valence-electron chi connectivity index (χ1n) is 6.54. The first-order chi connectivity index (χ1) is 9.23. The van der Waals surface area contributed by atoms with Gasteiger partial charge >= 0.3 is 5.97 Å². The number of rotatable bonds is 6. The van der Waals surface area contributed by atoms with E-state index in [1.54, 1.807) is 13.2 Å². The third-order valence-corrected chi connectivity index (χ3v) is 2.74. The molecule has 0 saturated heterocycles. The fourth-order valence-electron chi connectivity index (χ4n) is 1.52. The summed E-state index contributed by atoms with van der Waals surface area (Å²) < 4.78 is 10.6. The summed E-state index contributed by atoms with van der Waals surface area (Å²) in [6.07, 6.45) is -0.907. The minimum atomic E-state index is -0.998. The molecule has 1 rings (SSSR count). The second kappa shape index (κ2) is 6.61. The van der Waals surface area contributed by atoms with Gasteiger partial charge in [0.25, 0.3) is 0 Å². The zero-order valence-corrected chi connectivity index (χ0v) is 12.7. The van der Waals surface area contributed by atoms with Crippen molar-refractivity contribution in [1.82, 2.24) is 5.32 Å². The Morgan fingerprint density at radius 2 is 2.05 bits per heavy atom. The molecule has 0 aliphatic rings. The topological polar surface area (TPSA) is 67.8 Å². The molecule has 1 aromatic rings. The van der Waals surface area contributed by atoms with Gasteiger partial charge in [0.1, 0.15) is 11.5 Å². The summed E-state index contributed by atoms with van der Waals surface area (Å²) >= 11 is 0. The molecule has 2 N–H and O–H groups in total. The molecule has 0 heterocycles. The van der Waals surface area contributed by atoms with Crippen LogP contribution in [-0.4, -0.2) is 29.8 Å². The highest BCUT2D eigenvalue weighted by molar-refractivity contribution is 5.72. The lowest BCUT2D eigenvalue weighted by Crippen LogP contribution is -2.35. The third-order valence-electron chi connectivity index (χ3n) is 2.74. The molecule has 1 aromatic carbocycles. The van der Waals surface area contributed by atoms with Crippen LogP contribution in [0, 0.1) is 0 Å². The maximum Gasteiger partial charge on any atom is 0.344 e. The van der Waals surface area contributed by atoms with E-state index in [9.17, 15) is 4.79 Å². The van der Waals surface area contributed by atoms with Crippen molar-refractivity contribution in [3.05, 3.63) is 23.8 Å². The highest BCUT2D eigenvalue weighted by atomic mass is 16.5. The molecule has 5 heteroatoms. The van der Waals surface area contributed by atoms with Gasteiger partial charge in [0.2, 0.25) is 0 Å². The molecule has 0 amide bonds. The van der Waals surface area contributed by atoms with Crippen LogP contribution in [0.4, 0.5) is 0 Å². The predicted molar refractivity (Wildman–Crippen MR) is 77.3 cm³/mol. The van der Waals surface area contributed by atoms with Crippen LogP contribution in [-0.2, 0) is 11.3 Å². The van der Waals surface area contributed by atoms with Gasteiger partial charge in [-0.05, 0) is 33.8 Å². The molecule has 0 radical (unpaired) electrons. The number of ether oxygens (including phenoxy) is 2. The summed E-state index contributed by atoms with van der Waals surface area (Å²) in [5, 5.41) is 12.3. The van der Waals surface area contributed by atoms with Gasteiger partial charge in [0.05, 0.1) is 7.11 Å². The first-order valence-corrected chi connectivity index (χ1v) is 6.54. The zero-order chi connectivity index (χ0) is 15.3. The minimum absolute atomic E-state index is 0.0321. The van der Waals surface area contributed by atoms with Crippen molar-refractivity contribution in [1.29, 1.82) is 0 Å². The first kappa shape index (κ1) is 16.3. The van der Waals surface area contributed by atoms with Gasteiger partial charge < -0.3 is 19.9 Å². The number of benzene rings is 1. The van der Waals surface area contributed by atoms with Crippen molar-refractivity contribution in [3.8, 4) is 11.5 Å². The van der Waals surface area contributed by atoms with Crippen LogP contribution in [0.2, 0.25) is 0 Å². The van der Waals surface area contributed by atoms with E-state index in [1.165, 1.54) is 6.92 Å². The Kier molecular flexibility index (Phi) is 5.39. The normalized spacial score (nSPS) is 12.8. The molecule has 1 atom stereocenters. The van der Waals surface area contributed by atoms with Crippen molar-refractivity contribution in [2.75, 3.05) is 7.11 Å². The van der Waals surface area contributed by atoms with Gasteiger partial charge in [-0.25, -0.2) is 4.79 Å². The van der Waals surface area contributed by atoms with E-state index in [1.807, 2.05) is 12.1 Å². The Morgan fingerprint density at radius 1 is 1.40 bits per heavy atom. The Hall–Kier alpha value is -1.75. The summed E-state index contributed by atoms with van der Waals surface area (Å²) in [5.41, 5.74) is 0.865. The van der Waals surface area contributed by atoms with Gasteiger partial charge in [-0.1, -0.05) is 6.07 Å². The monoisotopic (exact) mass is 281 g/mol. The van der Waals surface area contributed by atoms with Gasteiger partial charge in [-0.2, -0.15) is 0 Å². The fraction of sp³-hybridized carbons (Fsp3) is 0.533. The van der Waals surface area contributed by atoms with E-state index in [4.69, 9.17) is 14.6 Å². The quantitative estimate of drug-likeness (QED) is 0.838. The Morgan fingerprint density at radius 3 is 2.55 bits per heavy atom. The van der Waals surface area contributed by atoms with Crippen LogP contribution in [0.3, 0.4) is 0 Å². The molecule has 0 spiro atoms. The SMILES string of the molecule is COc1ccc(CNC(C)(C)C)c(OC(C)C(=O)O)c1. The number of aliphatic carboxylic acids is 1. The molecule has 0 aliphatic carbocycles. The molecule has 5 nitrogen and oxygen atoms in total. The maximum atomic E-state index is 10.9. The van der Waals surface area contributed by atoms with Gasteiger partial charge in [-0.15, -0.1) is 0 Å². The van der Waals surface area contributed by atoms with Crippen LogP contribution in [0.25, 0.3) is 0 Å². The van der Waals surface area contributed by atoms with Crippen LogP contribution in [0.1, 0.15) is 33.3 Å². The van der Waals surface area contributed by atoms with E-state index in [2.05, 4.69) is 26.1 Å². The largest absolute Gasteiger partial charge is 0.497 e. The standard InChI is InChI=1S/C15H23NO4/c1-10(14(17)18)20-13-8-12(19-5)7-6-11(13)9-16-15(2,3)4/h6-8,10,16H,9H2,1-5H3,(H,17,18). The van der Waals surface area contributed by atoms with E-state index in [0.717, 1.165) is 5.56 Å². The van der Waals surface area contributed by atoms with Gasteiger partial charge in [0.15, 0.2) is 6.10 Å². The van der Waals surface area contributed by atoms with Crippen LogP contribution in [0.5, 0.6) is 11.5 Å². The molecule has 0 aromatic heterocycles. The summed E-state index contributed by atoms with van der Waals surface area (Å²) in [6, 6.07) is 5.42. The second-order valence-corrected chi connectivity index (χ2v) is 5.68. The van der Waals surface area contributed by atoms with Crippen LogP contribution >= 0.6 is 0 Å². The second-order valence-electron chi connectivity index (χ2n) is 5.68. The van der Waals surface area contributed by atoms with Gasteiger partial charge in [-0.3, -0.25) is 0 Å². The molecular weight excluding hydrogens is 258 g/mol. The van der Waals surface area contributed by atoms with Crippen molar-refractivity contribution in [2.24, 2.45) is 0 Å². The van der Waals surface area contributed by atoms with Crippen molar-refractivity contribution >= 4 is 5.97 Å². The molecule has 0 bridgehead atoms. The molecule has 112 valence electrons. The van der Waals surface area contributed by atoms with Crippen LogP contribution < -0.4 is 14.8 Å². The molecule has 1 unspecified atom stereocenters. The smallest absolute Gasteiger partial charge is 0.344 e. The average molecular weight is 281 g/mol. The van der Waals surface area contributed by atoms with Gasteiger partial charge in [0, 0.05) is 23.7 Å². The van der Waals surface area contributed by atoms with Crippen molar-refractivity contribution in [3.63, 3.8) is 0 Å². The van der Waals surface area contributed by atoms with E-state index in [-0.39, 0.29) is 5.54 Å². The summed E-state index contributed by atoms with van der Waals surface area (Å²) in [5.74, 6) is 0.163. The summed E-state index contributed by atoms with van der Waals surface area (Å²) in [7, 11) is 1.56. The highest BCUT2D eigenvalue weighted by Gasteiger charge is 2.17. The Labute approximate surface area is 119 Å². The number of hydrogen-bond donors (Lipinski definition) is 2. The molecule has 0 saturated carbocycles. The lowest BCUT2D eigenvalue weighted by Gasteiger charge is -2.22. The van der Waals surface area contributed by atoms with Crippen molar-refractivity contribution in [2.45, 2.75) is 45.9 Å². The zero-order valence-electron chi connectivity index (χ0n) is 12.7. The van der Waals surface area contributed by atoms with E-state index < -0.39 is 12.1 Å². The number of carboxylic acid groups (broad SMARTS) is 1. The number of carbonyl (C=O) groups is 1. The Balaban J connectivity index is 2.94. The van der Waals surface area contributed by atoms with Crippen LogP contribution in [0.15, 0.2) is 18.2 Å². The van der Waals surface area contributed by atoms with Crippen molar-refractivity contribution < 1.29 is 19.4 Å². The predicted octanol–water partition coefficient (Wildman–Crippen LogP) is 2.44. The van der Waals surface area contributed by atoms with E-state index in [0.29, 0.717) is 18.0 Å². The molecule has 0 fully saturated rings. The van der Waals surface area contributed by atoms with E-state index >= 15 is 0 Å². The average Bonchev–Trinajstić information content (AvgIpc) is 2.35. The maximum absolute atomic E-state index is 10.9. The number of methoxy groups -OCH3 is 1. The molecule has 20 heavy (non-hydrogen) atoms. The minimum Gasteiger partial charge on any atom is -0.497 e. The molecule has 0 aliphatic heterocycles. The summed E-state index contributed by atoms with van der Waals surface area (Å²) in [6.45, 7) is 8.29. The number of hydrogen-bond acceptors (Lipinski definition) is 4. The Bertz CT molecular complexity index is 465. The highest BCUT2D eigenvalue weighted by Crippen LogP contribution is 2.26. The number of carboxylic acids is 1. The fourth-order valence-corrected chi connectivity index (χ4v) is 1.52. The molecular formula is C15H23NO4. The third kappa shape index (κ3) is 5.09. The lowest BCUT2D eigenvalue weighted by molar-refractivity contribution is -0.144. The lowest BCUT2D eigenvalue weighted by atomic mass is 10.1. The summed E-state index contributed by atoms with van der Waals surface area (Å²) in [4.78, 5) is 10.9. The number of nitrogens with one attached hydrogen (secondary N) is 1.